The van der Waals surface area contributed by atoms with Gasteiger partial charge < -0.3 is 4.90 Å². The van der Waals surface area contributed by atoms with E-state index in [9.17, 15) is 8.78 Å². The maximum atomic E-state index is 13.5. The number of halogens is 2. The van der Waals surface area contributed by atoms with E-state index in [4.69, 9.17) is 5.41 Å². The molecule has 0 aromatic heterocycles. The van der Waals surface area contributed by atoms with Gasteiger partial charge in [-0.05, 0) is 25.0 Å². The lowest BCUT2D eigenvalue weighted by Gasteiger charge is -2.24. The first-order chi connectivity index (χ1) is 8.10. The number of rotatable bonds is 5. The van der Waals surface area contributed by atoms with Crippen LogP contribution in [-0.4, -0.2) is 23.8 Å². The van der Waals surface area contributed by atoms with Gasteiger partial charge in [-0.15, -0.1) is 0 Å². The second-order valence-corrected chi connectivity index (χ2v) is 3.96. The normalized spacial score (nSPS) is 10.4. The average Bonchev–Trinajstić information content (AvgIpc) is 2.28. The van der Waals surface area contributed by atoms with Gasteiger partial charge in [-0.2, -0.15) is 0 Å². The molecule has 0 bridgehead atoms. The van der Waals surface area contributed by atoms with Gasteiger partial charge in [0, 0.05) is 19.2 Å². The highest BCUT2D eigenvalue weighted by molar-refractivity contribution is 5.96. The van der Waals surface area contributed by atoms with Crippen molar-refractivity contribution in [3.8, 4) is 0 Å². The van der Waals surface area contributed by atoms with Crippen molar-refractivity contribution in [3.63, 3.8) is 0 Å². The molecule has 0 aliphatic heterocycles. The minimum Gasteiger partial charge on any atom is -0.357 e. The fourth-order valence-corrected chi connectivity index (χ4v) is 1.73. The lowest BCUT2D eigenvalue weighted by Crippen LogP contribution is -2.33. The Hall–Kier alpha value is -1.45. The second-order valence-electron chi connectivity index (χ2n) is 3.96. The monoisotopic (exact) mass is 240 g/mol. The molecule has 0 saturated carbocycles. The molecule has 0 amide bonds. The Labute approximate surface area is 101 Å². The van der Waals surface area contributed by atoms with Crippen molar-refractivity contribution >= 4 is 5.84 Å². The van der Waals surface area contributed by atoms with E-state index in [0.717, 1.165) is 18.9 Å². The highest BCUT2D eigenvalue weighted by Gasteiger charge is 2.14. The molecule has 0 aliphatic rings. The minimum absolute atomic E-state index is 0.131. The molecule has 1 N–H and O–H groups in total. The van der Waals surface area contributed by atoms with E-state index in [0.29, 0.717) is 13.1 Å². The van der Waals surface area contributed by atoms with Crippen LogP contribution in [0.25, 0.3) is 0 Å². The first kappa shape index (κ1) is 13.6. The Bertz CT molecular complexity index is 385. The molecule has 0 saturated heterocycles. The van der Waals surface area contributed by atoms with Crippen LogP contribution >= 0.6 is 0 Å². The summed E-state index contributed by atoms with van der Waals surface area (Å²) in [7, 11) is 0. The fourth-order valence-electron chi connectivity index (χ4n) is 1.73. The van der Waals surface area contributed by atoms with E-state index in [-0.39, 0.29) is 11.4 Å². The Morgan fingerprint density at radius 2 is 1.76 bits per heavy atom. The van der Waals surface area contributed by atoms with Crippen molar-refractivity contribution in [2.75, 3.05) is 13.1 Å². The van der Waals surface area contributed by atoms with Gasteiger partial charge in [0.05, 0.1) is 5.56 Å². The van der Waals surface area contributed by atoms with E-state index in [1.54, 1.807) is 0 Å². The maximum Gasteiger partial charge on any atom is 0.137 e. The van der Waals surface area contributed by atoms with E-state index < -0.39 is 11.6 Å². The average molecular weight is 240 g/mol. The van der Waals surface area contributed by atoms with Crippen molar-refractivity contribution in [1.82, 2.24) is 4.90 Å². The number of hydrogen-bond donors (Lipinski definition) is 1. The molecule has 94 valence electrons. The van der Waals surface area contributed by atoms with Gasteiger partial charge in [0.2, 0.25) is 0 Å². The van der Waals surface area contributed by atoms with Crippen LogP contribution in [0.2, 0.25) is 0 Å². The first-order valence-corrected chi connectivity index (χ1v) is 5.89. The Kier molecular flexibility index (Phi) is 5.07. The summed E-state index contributed by atoms with van der Waals surface area (Å²) >= 11 is 0. The van der Waals surface area contributed by atoms with Crippen LogP contribution < -0.4 is 0 Å². The quantitative estimate of drug-likeness (QED) is 0.619. The number of amidine groups is 1. The van der Waals surface area contributed by atoms with Crippen LogP contribution in [0.3, 0.4) is 0 Å². The highest BCUT2D eigenvalue weighted by Crippen LogP contribution is 2.13. The molecule has 0 atom stereocenters. The SMILES string of the molecule is CCCN(CCC)C(=N)c1ccc(F)cc1F. The summed E-state index contributed by atoms with van der Waals surface area (Å²) in [6.07, 6.45) is 1.79. The molecule has 0 fully saturated rings. The van der Waals surface area contributed by atoms with E-state index in [1.165, 1.54) is 12.1 Å². The molecular formula is C13H18F2N2. The van der Waals surface area contributed by atoms with Crippen LogP contribution in [0.5, 0.6) is 0 Å². The smallest absolute Gasteiger partial charge is 0.137 e. The topological polar surface area (TPSA) is 27.1 Å². The second kappa shape index (κ2) is 6.33. The van der Waals surface area contributed by atoms with Crippen LogP contribution in [0, 0.1) is 17.0 Å². The summed E-state index contributed by atoms with van der Waals surface area (Å²) in [4.78, 5) is 1.82. The standard InChI is InChI=1S/C13H18F2N2/c1-3-7-17(8-4-2)13(16)11-6-5-10(14)9-12(11)15/h5-6,9,16H,3-4,7-8H2,1-2H3. The summed E-state index contributed by atoms with van der Waals surface area (Å²) in [6.45, 7) is 5.45. The third kappa shape index (κ3) is 3.51. The van der Waals surface area contributed by atoms with Crippen molar-refractivity contribution in [1.29, 1.82) is 5.41 Å². The molecule has 1 rings (SSSR count). The lowest BCUT2D eigenvalue weighted by molar-refractivity contribution is 0.413. The third-order valence-electron chi connectivity index (χ3n) is 2.49. The summed E-state index contributed by atoms with van der Waals surface area (Å²) in [6, 6.07) is 3.33. The van der Waals surface area contributed by atoms with Crippen molar-refractivity contribution < 1.29 is 8.78 Å². The summed E-state index contributed by atoms with van der Waals surface area (Å²) in [5.41, 5.74) is 0.160. The van der Waals surface area contributed by atoms with Crippen LogP contribution in [0.15, 0.2) is 18.2 Å². The zero-order chi connectivity index (χ0) is 12.8. The molecule has 4 heteroatoms. The molecular weight excluding hydrogens is 222 g/mol. The number of hydrogen-bond acceptors (Lipinski definition) is 1. The van der Waals surface area contributed by atoms with Gasteiger partial charge in [0.1, 0.15) is 17.5 Å². The number of nitrogens with one attached hydrogen (secondary N) is 1. The molecule has 0 unspecified atom stereocenters. The Morgan fingerprint density at radius 3 is 2.24 bits per heavy atom. The summed E-state index contributed by atoms with van der Waals surface area (Å²) in [5, 5.41) is 7.97. The predicted molar refractivity (Wildman–Crippen MR) is 65.3 cm³/mol. The van der Waals surface area contributed by atoms with Crippen LogP contribution in [0.4, 0.5) is 8.78 Å². The van der Waals surface area contributed by atoms with Gasteiger partial charge in [-0.1, -0.05) is 13.8 Å². The Balaban J connectivity index is 2.92. The van der Waals surface area contributed by atoms with E-state index in [1.807, 2.05) is 18.7 Å². The number of nitrogens with zero attached hydrogens (tertiary/aromatic N) is 1. The van der Waals surface area contributed by atoms with E-state index in [2.05, 4.69) is 0 Å². The largest absolute Gasteiger partial charge is 0.357 e. The molecule has 0 radical (unpaired) electrons. The molecule has 1 aromatic rings. The van der Waals surface area contributed by atoms with Crippen molar-refractivity contribution in [2.45, 2.75) is 26.7 Å². The summed E-state index contributed by atoms with van der Waals surface area (Å²) < 4.78 is 26.3. The maximum absolute atomic E-state index is 13.5. The Morgan fingerprint density at radius 1 is 1.18 bits per heavy atom. The van der Waals surface area contributed by atoms with E-state index >= 15 is 0 Å². The van der Waals surface area contributed by atoms with Crippen molar-refractivity contribution in [2.24, 2.45) is 0 Å². The predicted octanol–water partition coefficient (Wildman–Crippen LogP) is 3.41. The number of benzene rings is 1. The van der Waals surface area contributed by atoms with Crippen LogP contribution in [0.1, 0.15) is 32.3 Å². The van der Waals surface area contributed by atoms with Gasteiger partial charge in [-0.3, -0.25) is 5.41 Å². The highest BCUT2D eigenvalue weighted by atomic mass is 19.1. The van der Waals surface area contributed by atoms with Gasteiger partial charge >= 0.3 is 0 Å². The van der Waals surface area contributed by atoms with Crippen LogP contribution in [-0.2, 0) is 0 Å². The summed E-state index contributed by atoms with van der Waals surface area (Å²) in [5.74, 6) is -1.16. The van der Waals surface area contributed by atoms with Crippen molar-refractivity contribution in [3.05, 3.63) is 35.4 Å². The molecule has 17 heavy (non-hydrogen) atoms. The van der Waals surface area contributed by atoms with Gasteiger partial charge in [0.15, 0.2) is 0 Å². The molecule has 2 nitrogen and oxygen atoms in total. The third-order valence-corrected chi connectivity index (χ3v) is 2.49. The molecule has 0 heterocycles. The zero-order valence-corrected chi connectivity index (χ0v) is 10.3. The minimum atomic E-state index is -0.674. The first-order valence-electron chi connectivity index (χ1n) is 5.89. The molecule has 0 aliphatic carbocycles. The lowest BCUT2D eigenvalue weighted by atomic mass is 10.1. The van der Waals surface area contributed by atoms with Gasteiger partial charge in [0.25, 0.3) is 0 Å². The molecule has 1 aromatic carbocycles. The molecule has 0 spiro atoms. The fraction of sp³-hybridized carbons (Fsp3) is 0.462. The zero-order valence-electron chi connectivity index (χ0n) is 10.3. The van der Waals surface area contributed by atoms with Gasteiger partial charge in [-0.25, -0.2) is 8.78 Å².